The average molecular weight is 576 g/mol. The third kappa shape index (κ3) is 8.20. The number of anilines is 2. The number of aliphatic hydroxyl groups is 1. The Labute approximate surface area is 247 Å². The van der Waals surface area contributed by atoms with E-state index in [0.29, 0.717) is 36.7 Å². The molecule has 0 fully saturated rings. The molecule has 1 aliphatic heterocycles. The Balaban J connectivity index is 1.31. The van der Waals surface area contributed by atoms with Gasteiger partial charge < -0.3 is 35.8 Å². The number of benzene rings is 2. The molecule has 0 saturated heterocycles. The van der Waals surface area contributed by atoms with Gasteiger partial charge in [-0.1, -0.05) is 39.0 Å². The van der Waals surface area contributed by atoms with E-state index in [1.165, 1.54) is 6.20 Å². The van der Waals surface area contributed by atoms with Gasteiger partial charge in [0.05, 0.1) is 12.2 Å². The van der Waals surface area contributed by atoms with Crippen molar-refractivity contribution in [2.75, 3.05) is 36.5 Å². The largest absolute Gasteiger partial charge is 0.489 e. The number of carbonyl (C=O) groups is 2. The summed E-state index contributed by atoms with van der Waals surface area (Å²) >= 11 is 0. The van der Waals surface area contributed by atoms with Crippen molar-refractivity contribution in [1.82, 2.24) is 10.3 Å². The van der Waals surface area contributed by atoms with Gasteiger partial charge in [0.1, 0.15) is 35.5 Å². The summed E-state index contributed by atoms with van der Waals surface area (Å²) in [6.07, 6.45) is 1.47. The van der Waals surface area contributed by atoms with Crippen LogP contribution in [0, 0.1) is 5.41 Å². The Kier molecular flexibility index (Phi) is 9.38. The number of fused-ring (bicyclic) bond motifs is 1. The van der Waals surface area contributed by atoms with Gasteiger partial charge in [0.15, 0.2) is 0 Å². The number of nitrogens with one attached hydrogen (secondary N) is 2. The van der Waals surface area contributed by atoms with E-state index in [2.05, 4.69) is 50.2 Å². The third-order valence-corrected chi connectivity index (χ3v) is 6.70. The molecule has 2 heterocycles. The van der Waals surface area contributed by atoms with E-state index in [1.807, 2.05) is 42.5 Å². The summed E-state index contributed by atoms with van der Waals surface area (Å²) in [7, 11) is 0. The first-order chi connectivity index (χ1) is 19.8. The summed E-state index contributed by atoms with van der Waals surface area (Å²) in [4.78, 5) is 30.3. The lowest BCUT2D eigenvalue weighted by atomic mass is 9.94. The lowest BCUT2D eigenvalue weighted by Crippen LogP contribution is -2.46. The number of nitrogens with two attached hydrogens (primary N) is 1. The number of rotatable bonds is 12. The lowest BCUT2D eigenvalue weighted by molar-refractivity contribution is -0.117. The molecule has 5 N–H and O–H groups in total. The zero-order chi connectivity index (χ0) is 30.5. The summed E-state index contributed by atoms with van der Waals surface area (Å²) < 4.78 is 11.8. The SMILES string of the molecule is CC(C)(C)CN1C(=O)CNc2cccc(OCC(O)CNC(C)(C)Cc3ccc(Oc4ncccc4C(N)=O)cc3)c21. The van der Waals surface area contributed by atoms with Gasteiger partial charge in [0.2, 0.25) is 11.8 Å². The fourth-order valence-corrected chi connectivity index (χ4v) is 4.75. The molecule has 1 aromatic heterocycles. The van der Waals surface area contributed by atoms with Crippen molar-refractivity contribution in [2.24, 2.45) is 11.1 Å². The van der Waals surface area contributed by atoms with E-state index >= 15 is 0 Å². The number of aromatic nitrogens is 1. The minimum Gasteiger partial charge on any atom is -0.489 e. The van der Waals surface area contributed by atoms with E-state index in [4.69, 9.17) is 15.2 Å². The number of ether oxygens (including phenoxy) is 2. The maximum atomic E-state index is 12.7. The Morgan fingerprint density at radius 3 is 2.55 bits per heavy atom. The maximum absolute atomic E-state index is 12.7. The van der Waals surface area contributed by atoms with Gasteiger partial charge in [-0.15, -0.1) is 0 Å². The fraction of sp³-hybridized carbons (Fsp3) is 0.406. The first-order valence-corrected chi connectivity index (χ1v) is 14.1. The smallest absolute Gasteiger partial charge is 0.254 e. The second-order valence-corrected chi connectivity index (χ2v) is 12.4. The zero-order valence-electron chi connectivity index (χ0n) is 24.9. The normalized spacial score (nSPS) is 14.1. The van der Waals surface area contributed by atoms with Crippen molar-refractivity contribution in [2.45, 2.75) is 52.7 Å². The third-order valence-electron chi connectivity index (χ3n) is 6.70. The predicted molar refractivity (Wildman–Crippen MR) is 163 cm³/mol. The van der Waals surface area contributed by atoms with Gasteiger partial charge in [0.25, 0.3) is 5.91 Å². The quantitative estimate of drug-likeness (QED) is 0.253. The molecule has 1 aliphatic rings. The number of para-hydroxylation sites is 1. The number of amides is 2. The first-order valence-electron chi connectivity index (χ1n) is 14.1. The van der Waals surface area contributed by atoms with E-state index in [-0.39, 0.29) is 41.5 Å². The molecular formula is C32H41N5O5. The Bertz CT molecular complexity index is 1400. The number of nitrogens with zero attached hydrogens (tertiary/aromatic N) is 2. The summed E-state index contributed by atoms with van der Waals surface area (Å²) in [6, 6.07) is 16.4. The highest BCUT2D eigenvalue weighted by Crippen LogP contribution is 2.40. The molecule has 0 saturated carbocycles. The molecule has 1 atom stereocenters. The van der Waals surface area contributed by atoms with Crippen LogP contribution in [0.3, 0.4) is 0 Å². The molecule has 10 heteroatoms. The van der Waals surface area contributed by atoms with Crippen molar-refractivity contribution in [3.05, 3.63) is 71.9 Å². The van der Waals surface area contributed by atoms with Crippen LogP contribution in [-0.2, 0) is 11.2 Å². The molecule has 0 aliphatic carbocycles. The van der Waals surface area contributed by atoms with Crippen molar-refractivity contribution < 1.29 is 24.2 Å². The lowest BCUT2D eigenvalue weighted by Gasteiger charge is -2.36. The van der Waals surface area contributed by atoms with Gasteiger partial charge >= 0.3 is 0 Å². The highest BCUT2D eigenvalue weighted by molar-refractivity contribution is 6.04. The van der Waals surface area contributed by atoms with Crippen LogP contribution in [0.4, 0.5) is 11.4 Å². The molecule has 224 valence electrons. The molecule has 4 rings (SSSR count). The number of pyridine rings is 1. The summed E-state index contributed by atoms with van der Waals surface area (Å²) in [5, 5.41) is 17.3. The van der Waals surface area contributed by atoms with Gasteiger partial charge in [0, 0.05) is 24.8 Å². The minimum atomic E-state index is -0.767. The van der Waals surface area contributed by atoms with Crippen molar-refractivity contribution in [1.29, 1.82) is 0 Å². The van der Waals surface area contributed by atoms with Crippen LogP contribution < -0.4 is 30.7 Å². The molecule has 2 amide bonds. The van der Waals surface area contributed by atoms with Crippen molar-refractivity contribution in [3.63, 3.8) is 0 Å². The Hall–Kier alpha value is -4.15. The van der Waals surface area contributed by atoms with E-state index in [0.717, 1.165) is 11.3 Å². The summed E-state index contributed by atoms with van der Waals surface area (Å²) in [5.74, 6) is 0.653. The van der Waals surface area contributed by atoms with Crippen LogP contribution in [-0.4, -0.2) is 59.8 Å². The Morgan fingerprint density at radius 1 is 1.12 bits per heavy atom. The number of primary amides is 1. The first kappa shape index (κ1) is 30.8. The van der Waals surface area contributed by atoms with Crippen molar-refractivity contribution >= 4 is 23.2 Å². The topological polar surface area (TPSA) is 139 Å². The van der Waals surface area contributed by atoms with Crippen LogP contribution in [0.2, 0.25) is 0 Å². The standard InChI is InChI=1S/C32H41N5O5/c1-31(2,3)20-37-27(39)18-35-25-9-6-10-26(28(25)37)41-19-22(38)17-36-32(4,5)16-21-11-13-23(14-12-21)42-30-24(29(33)40)8-7-15-34-30/h6-15,22,35-36,38H,16-20H2,1-5H3,(H2,33,40). The van der Waals surface area contributed by atoms with Gasteiger partial charge in [-0.3, -0.25) is 9.59 Å². The van der Waals surface area contributed by atoms with Crippen LogP contribution >= 0.6 is 0 Å². The number of carbonyl (C=O) groups excluding carboxylic acids is 2. The molecule has 42 heavy (non-hydrogen) atoms. The van der Waals surface area contributed by atoms with E-state index < -0.39 is 12.0 Å². The van der Waals surface area contributed by atoms with Crippen LogP contribution in [0.1, 0.15) is 50.5 Å². The van der Waals surface area contributed by atoms with Crippen LogP contribution in [0.15, 0.2) is 60.8 Å². The second kappa shape index (κ2) is 12.8. The minimum absolute atomic E-state index is 0.0100. The van der Waals surface area contributed by atoms with Crippen molar-refractivity contribution in [3.8, 4) is 17.4 Å². The van der Waals surface area contributed by atoms with Crippen LogP contribution in [0.25, 0.3) is 0 Å². The highest BCUT2D eigenvalue weighted by Gasteiger charge is 2.31. The average Bonchev–Trinajstić information content (AvgIpc) is 2.93. The number of hydrogen-bond donors (Lipinski definition) is 4. The molecule has 0 radical (unpaired) electrons. The second-order valence-electron chi connectivity index (χ2n) is 12.4. The molecule has 1 unspecified atom stereocenters. The predicted octanol–water partition coefficient (Wildman–Crippen LogP) is 4.13. The molecule has 10 nitrogen and oxygen atoms in total. The molecule has 0 bridgehead atoms. The van der Waals surface area contributed by atoms with E-state index in [9.17, 15) is 14.7 Å². The van der Waals surface area contributed by atoms with Crippen LogP contribution in [0.5, 0.6) is 17.4 Å². The summed E-state index contributed by atoms with van der Waals surface area (Å²) in [6.45, 7) is 11.6. The van der Waals surface area contributed by atoms with Gasteiger partial charge in [-0.25, -0.2) is 4.98 Å². The fourth-order valence-electron chi connectivity index (χ4n) is 4.75. The number of aliphatic hydroxyl groups excluding tert-OH is 1. The number of hydrogen-bond acceptors (Lipinski definition) is 8. The monoisotopic (exact) mass is 575 g/mol. The van der Waals surface area contributed by atoms with E-state index in [1.54, 1.807) is 17.0 Å². The molecule has 0 spiro atoms. The highest BCUT2D eigenvalue weighted by atomic mass is 16.5. The molecule has 2 aromatic carbocycles. The van der Waals surface area contributed by atoms with Gasteiger partial charge in [-0.2, -0.15) is 0 Å². The number of β-amino-alcohol motifs (C(OH)–C–C–N with tert-alkyl or cyclic N) is 1. The van der Waals surface area contributed by atoms with Gasteiger partial charge in [-0.05, 0) is 67.6 Å². The molecular weight excluding hydrogens is 534 g/mol. The zero-order valence-corrected chi connectivity index (χ0v) is 24.9. The molecule has 3 aromatic rings. The maximum Gasteiger partial charge on any atom is 0.254 e. The summed E-state index contributed by atoms with van der Waals surface area (Å²) in [5.41, 5.74) is 7.83. The Morgan fingerprint density at radius 2 is 1.86 bits per heavy atom.